The summed E-state index contributed by atoms with van der Waals surface area (Å²) in [5.41, 5.74) is 11.5. The molecule has 0 fully saturated rings. The van der Waals surface area contributed by atoms with Gasteiger partial charge in [0, 0.05) is 38.6 Å². The molecule has 0 spiro atoms. The number of anilines is 3. The fourth-order valence-corrected chi connectivity index (χ4v) is 7.38. The zero-order valence-electron chi connectivity index (χ0n) is 26.5. The third-order valence-corrected chi connectivity index (χ3v) is 9.65. The van der Waals surface area contributed by atoms with E-state index in [0.29, 0.717) is 0 Å². The topological polar surface area (TPSA) is 29.5 Å². The van der Waals surface area contributed by atoms with E-state index in [0.717, 1.165) is 66.3 Å². The predicted octanol–water partition coefficient (Wildman–Crippen LogP) is 13.4. The summed E-state index contributed by atoms with van der Waals surface area (Å²) >= 11 is 0. The molecule has 0 saturated carbocycles. The van der Waals surface area contributed by atoms with Gasteiger partial charge in [0.15, 0.2) is 0 Å². The maximum absolute atomic E-state index is 6.24. The summed E-state index contributed by atoms with van der Waals surface area (Å²) in [6, 6.07) is 62.2. The van der Waals surface area contributed by atoms with E-state index < -0.39 is 0 Å². The maximum atomic E-state index is 6.24. The molecule has 3 heteroatoms. The van der Waals surface area contributed by atoms with Gasteiger partial charge in [0.1, 0.15) is 22.3 Å². The normalized spacial score (nSPS) is 11.7. The number of benzene rings is 8. The van der Waals surface area contributed by atoms with E-state index in [-0.39, 0.29) is 0 Å². The van der Waals surface area contributed by atoms with Crippen LogP contribution < -0.4 is 4.90 Å². The highest BCUT2D eigenvalue weighted by molar-refractivity contribution is 6.19. The van der Waals surface area contributed by atoms with Crippen molar-refractivity contribution in [3.8, 4) is 22.3 Å². The zero-order chi connectivity index (χ0) is 32.3. The lowest BCUT2D eigenvalue weighted by atomic mass is 9.93. The van der Waals surface area contributed by atoms with Gasteiger partial charge in [0.05, 0.1) is 0 Å². The second-order valence-corrected chi connectivity index (χ2v) is 12.5. The van der Waals surface area contributed by atoms with Gasteiger partial charge < -0.3 is 13.7 Å². The molecule has 3 nitrogen and oxygen atoms in total. The third-order valence-electron chi connectivity index (χ3n) is 9.65. The molecule has 8 aromatic carbocycles. The summed E-state index contributed by atoms with van der Waals surface area (Å²) in [7, 11) is 0. The van der Waals surface area contributed by atoms with Crippen LogP contribution in [-0.4, -0.2) is 0 Å². The van der Waals surface area contributed by atoms with E-state index in [4.69, 9.17) is 8.83 Å². The third kappa shape index (κ3) is 4.51. The van der Waals surface area contributed by atoms with Crippen LogP contribution >= 0.6 is 0 Å². The highest BCUT2D eigenvalue weighted by Crippen LogP contribution is 2.44. The second kappa shape index (κ2) is 11.0. The van der Waals surface area contributed by atoms with Gasteiger partial charge in [-0.25, -0.2) is 0 Å². The molecule has 0 radical (unpaired) electrons. The minimum absolute atomic E-state index is 0.877. The predicted molar refractivity (Wildman–Crippen MR) is 204 cm³/mol. The maximum Gasteiger partial charge on any atom is 0.136 e. The second-order valence-electron chi connectivity index (χ2n) is 12.5. The molecule has 0 aliphatic rings. The van der Waals surface area contributed by atoms with Crippen molar-refractivity contribution in [2.24, 2.45) is 0 Å². The average molecular weight is 628 g/mol. The van der Waals surface area contributed by atoms with Crippen molar-refractivity contribution in [3.63, 3.8) is 0 Å². The van der Waals surface area contributed by atoms with E-state index in [1.165, 1.54) is 27.6 Å². The number of nitrogens with zero attached hydrogens (tertiary/aromatic N) is 1. The van der Waals surface area contributed by atoms with Crippen LogP contribution in [0.1, 0.15) is 0 Å². The molecule has 0 unspecified atom stereocenters. The molecule has 49 heavy (non-hydrogen) atoms. The molecule has 0 N–H and O–H groups in total. The summed E-state index contributed by atoms with van der Waals surface area (Å²) in [6.07, 6.45) is 0. The Balaban J connectivity index is 1.22. The minimum atomic E-state index is 0.877. The molecule has 0 aliphatic carbocycles. The van der Waals surface area contributed by atoms with E-state index in [2.05, 4.69) is 157 Å². The van der Waals surface area contributed by atoms with Crippen molar-refractivity contribution in [2.75, 3.05) is 4.90 Å². The first-order valence-electron chi connectivity index (χ1n) is 16.6. The Labute approximate surface area is 282 Å². The molecule has 0 aliphatic heterocycles. The monoisotopic (exact) mass is 627 g/mol. The molecule has 230 valence electrons. The SMILES string of the molecule is c1ccc(-c2ccc(N(c3ccc4c(ccc5oc6ccccc6c54)c3)c3ccc4oc5ccccc5c4c3)cc2-c2ccccc2)cc1. The minimum Gasteiger partial charge on any atom is -0.456 e. The van der Waals surface area contributed by atoms with Gasteiger partial charge in [0.2, 0.25) is 0 Å². The van der Waals surface area contributed by atoms with Gasteiger partial charge in [-0.2, -0.15) is 0 Å². The Morgan fingerprint density at radius 1 is 0.327 bits per heavy atom. The summed E-state index contributed by atoms with van der Waals surface area (Å²) in [4.78, 5) is 2.36. The largest absolute Gasteiger partial charge is 0.456 e. The van der Waals surface area contributed by atoms with E-state index in [1.54, 1.807) is 0 Å². The van der Waals surface area contributed by atoms with Crippen LogP contribution in [0.25, 0.3) is 76.9 Å². The number of furan rings is 2. The van der Waals surface area contributed by atoms with E-state index in [9.17, 15) is 0 Å². The van der Waals surface area contributed by atoms with Crippen LogP contribution in [-0.2, 0) is 0 Å². The molecule has 0 bridgehead atoms. The lowest BCUT2D eigenvalue weighted by Crippen LogP contribution is -2.10. The first-order valence-corrected chi connectivity index (χ1v) is 16.6. The van der Waals surface area contributed by atoms with Crippen molar-refractivity contribution in [1.29, 1.82) is 0 Å². The van der Waals surface area contributed by atoms with Crippen LogP contribution in [0.3, 0.4) is 0 Å². The van der Waals surface area contributed by atoms with Crippen molar-refractivity contribution in [2.45, 2.75) is 0 Å². The molecule has 0 saturated heterocycles. The Hall–Kier alpha value is -6.58. The van der Waals surface area contributed by atoms with Crippen molar-refractivity contribution < 1.29 is 8.83 Å². The van der Waals surface area contributed by atoms with Gasteiger partial charge >= 0.3 is 0 Å². The molecule has 10 rings (SSSR count). The number of rotatable bonds is 5. The van der Waals surface area contributed by atoms with Crippen LogP contribution in [0.5, 0.6) is 0 Å². The zero-order valence-corrected chi connectivity index (χ0v) is 26.5. The first-order chi connectivity index (χ1) is 24.3. The van der Waals surface area contributed by atoms with Gasteiger partial charge in [-0.3, -0.25) is 0 Å². The Morgan fingerprint density at radius 3 is 1.67 bits per heavy atom. The standard InChI is InChI=1S/C46H29NO2/c1-3-11-30(12-4-1)36-23-20-34(28-40(36)31-13-5-2-6-14-31)47(35-22-26-44-41(29-35)38-15-7-9-17-42(38)48-44)33-21-24-37-32(27-33)19-25-45-46(37)39-16-8-10-18-43(39)49-45/h1-29H. The quantitative estimate of drug-likeness (QED) is 0.190. The lowest BCUT2D eigenvalue weighted by Gasteiger charge is -2.27. The molecule has 0 amide bonds. The first kappa shape index (κ1) is 27.5. The summed E-state index contributed by atoms with van der Waals surface area (Å²) in [5, 5.41) is 6.81. The molecule has 10 aromatic rings. The summed E-state index contributed by atoms with van der Waals surface area (Å²) < 4.78 is 12.5. The van der Waals surface area contributed by atoms with Gasteiger partial charge in [-0.05, 0) is 93.7 Å². The summed E-state index contributed by atoms with van der Waals surface area (Å²) in [5.74, 6) is 0. The number of hydrogen-bond donors (Lipinski definition) is 0. The molecular formula is C46H29NO2. The fraction of sp³-hybridized carbons (Fsp3) is 0. The Bertz CT molecular complexity index is 2830. The molecule has 2 heterocycles. The molecule has 2 aromatic heterocycles. The Morgan fingerprint density at radius 2 is 0.878 bits per heavy atom. The van der Waals surface area contributed by atoms with Crippen LogP contribution in [0, 0.1) is 0 Å². The van der Waals surface area contributed by atoms with Crippen LogP contribution in [0.2, 0.25) is 0 Å². The smallest absolute Gasteiger partial charge is 0.136 e. The van der Waals surface area contributed by atoms with Gasteiger partial charge in [-0.1, -0.05) is 115 Å². The molecular weight excluding hydrogens is 599 g/mol. The Kier molecular flexibility index (Phi) is 6.18. The van der Waals surface area contributed by atoms with Gasteiger partial charge in [-0.15, -0.1) is 0 Å². The molecule has 0 atom stereocenters. The summed E-state index contributed by atoms with van der Waals surface area (Å²) in [6.45, 7) is 0. The lowest BCUT2D eigenvalue weighted by molar-refractivity contribution is 0.668. The number of hydrogen-bond acceptors (Lipinski definition) is 3. The van der Waals surface area contributed by atoms with E-state index in [1.807, 2.05) is 24.3 Å². The highest BCUT2D eigenvalue weighted by atomic mass is 16.3. The van der Waals surface area contributed by atoms with Gasteiger partial charge in [0.25, 0.3) is 0 Å². The number of fused-ring (bicyclic) bond motifs is 8. The van der Waals surface area contributed by atoms with E-state index >= 15 is 0 Å². The van der Waals surface area contributed by atoms with Crippen molar-refractivity contribution >= 4 is 71.7 Å². The highest BCUT2D eigenvalue weighted by Gasteiger charge is 2.19. The van der Waals surface area contributed by atoms with Crippen molar-refractivity contribution in [1.82, 2.24) is 0 Å². The van der Waals surface area contributed by atoms with Crippen LogP contribution in [0.4, 0.5) is 17.1 Å². The average Bonchev–Trinajstić information content (AvgIpc) is 3.74. The number of para-hydroxylation sites is 2. The van der Waals surface area contributed by atoms with Crippen molar-refractivity contribution in [3.05, 3.63) is 176 Å². The fourth-order valence-electron chi connectivity index (χ4n) is 7.38. The van der Waals surface area contributed by atoms with Crippen LogP contribution in [0.15, 0.2) is 185 Å².